The average Bonchev–Trinajstić information content (AvgIpc) is 3.16. The van der Waals surface area contributed by atoms with Crippen LogP contribution in [0.5, 0.6) is 0 Å². The van der Waals surface area contributed by atoms with Gasteiger partial charge in [-0.1, -0.05) is 59.1 Å². The summed E-state index contributed by atoms with van der Waals surface area (Å²) < 4.78 is 30.0. The zero-order chi connectivity index (χ0) is 28.3. The molecule has 0 aliphatic carbocycles. The molecular weight excluding hydrogens is 555 g/mol. The molecule has 0 unspecified atom stereocenters. The van der Waals surface area contributed by atoms with E-state index in [-0.39, 0.29) is 15.6 Å². The minimum absolute atomic E-state index is 0.0196. The normalized spacial score (nSPS) is 11.6. The number of sulfonamides is 1. The maximum absolute atomic E-state index is 13.5. The second-order valence-corrected chi connectivity index (χ2v) is 11.9. The topological polar surface area (TPSA) is 83.8 Å². The van der Waals surface area contributed by atoms with Gasteiger partial charge in [-0.3, -0.25) is 9.10 Å². The number of anilines is 1. The van der Waals surface area contributed by atoms with Gasteiger partial charge in [0.05, 0.1) is 21.8 Å². The summed E-state index contributed by atoms with van der Waals surface area (Å²) in [4.78, 5) is 12.9. The SMILES string of the molecule is Cc1ccc(-n2c(C)cc(/C=N/NC(=O)CN(c3ccc(Cl)cc3Cl)S(=O)(=O)c3ccccc3)c2C)c(C)c1. The number of nitrogens with one attached hydrogen (secondary N) is 1. The molecule has 1 aromatic heterocycles. The molecule has 1 amide bonds. The average molecular weight is 584 g/mol. The molecule has 10 heteroatoms. The molecule has 4 aromatic rings. The van der Waals surface area contributed by atoms with E-state index in [4.69, 9.17) is 23.2 Å². The van der Waals surface area contributed by atoms with Crippen molar-refractivity contribution in [3.63, 3.8) is 0 Å². The van der Waals surface area contributed by atoms with Crippen LogP contribution in [0, 0.1) is 27.7 Å². The molecule has 0 fully saturated rings. The minimum Gasteiger partial charge on any atom is -0.318 e. The van der Waals surface area contributed by atoms with E-state index in [0.29, 0.717) is 5.02 Å². The summed E-state index contributed by atoms with van der Waals surface area (Å²) in [5.41, 5.74) is 8.77. The van der Waals surface area contributed by atoms with Gasteiger partial charge in [0, 0.05) is 27.7 Å². The fourth-order valence-electron chi connectivity index (χ4n) is 4.39. The fraction of sp³-hybridized carbons (Fsp3) is 0.172. The second kappa shape index (κ2) is 11.7. The van der Waals surface area contributed by atoms with Gasteiger partial charge in [0.1, 0.15) is 6.54 Å². The number of benzene rings is 3. The molecule has 1 N–H and O–H groups in total. The van der Waals surface area contributed by atoms with E-state index in [9.17, 15) is 13.2 Å². The standard InChI is InChI=1S/C29H28Cl2N4O3S/c1-19-10-12-27(20(2)14-19)35-21(3)15-23(22(35)4)17-32-33-29(36)18-34(28-13-11-24(30)16-26(28)31)39(37,38)25-8-6-5-7-9-25/h5-17H,18H2,1-4H3,(H,33,36)/b32-17+. The van der Waals surface area contributed by atoms with Gasteiger partial charge in [0.25, 0.3) is 15.9 Å². The van der Waals surface area contributed by atoms with Gasteiger partial charge < -0.3 is 4.57 Å². The number of aryl methyl sites for hydroxylation is 3. The van der Waals surface area contributed by atoms with E-state index in [2.05, 4.69) is 47.1 Å². The van der Waals surface area contributed by atoms with Gasteiger partial charge >= 0.3 is 0 Å². The van der Waals surface area contributed by atoms with Crippen molar-refractivity contribution in [3.8, 4) is 5.69 Å². The Hall–Kier alpha value is -3.59. The quantitative estimate of drug-likeness (QED) is 0.194. The van der Waals surface area contributed by atoms with Gasteiger partial charge in [0.15, 0.2) is 0 Å². The van der Waals surface area contributed by atoms with Gasteiger partial charge in [-0.15, -0.1) is 0 Å². The summed E-state index contributed by atoms with van der Waals surface area (Å²) >= 11 is 12.3. The highest BCUT2D eigenvalue weighted by Gasteiger charge is 2.28. The van der Waals surface area contributed by atoms with Crippen LogP contribution < -0.4 is 9.73 Å². The van der Waals surface area contributed by atoms with Crippen molar-refractivity contribution in [1.29, 1.82) is 0 Å². The number of carbonyl (C=O) groups is 1. The van der Waals surface area contributed by atoms with Crippen molar-refractivity contribution in [2.75, 3.05) is 10.8 Å². The molecule has 0 spiro atoms. The molecule has 0 bridgehead atoms. The Kier molecular flexibility index (Phi) is 8.49. The number of amides is 1. The van der Waals surface area contributed by atoms with Crippen LogP contribution in [0.15, 0.2) is 82.8 Å². The molecule has 0 saturated carbocycles. The Morgan fingerprint density at radius 2 is 1.69 bits per heavy atom. The summed E-state index contributed by atoms with van der Waals surface area (Å²) in [6.45, 7) is 7.56. The molecule has 202 valence electrons. The third-order valence-electron chi connectivity index (χ3n) is 6.25. The third kappa shape index (κ3) is 6.19. The van der Waals surface area contributed by atoms with Gasteiger partial charge in [-0.05, 0) is 75.7 Å². The summed E-state index contributed by atoms with van der Waals surface area (Å²) in [6, 6.07) is 20.5. The van der Waals surface area contributed by atoms with Crippen molar-refractivity contribution in [3.05, 3.63) is 111 Å². The van der Waals surface area contributed by atoms with Gasteiger partial charge in [-0.2, -0.15) is 5.10 Å². The van der Waals surface area contributed by atoms with E-state index < -0.39 is 22.5 Å². The number of hydrogen-bond acceptors (Lipinski definition) is 4. The molecule has 1 heterocycles. The molecule has 3 aromatic carbocycles. The molecule has 0 aliphatic rings. The maximum atomic E-state index is 13.5. The number of aromatic nitrogens is 1. The highest BCUT2D eigenvalue weighted by atomic mass is 35.5. The fourth-order valence-corrected chi connectivity index (χ4v) is 6.41. The first-order chi connectivity index (χ1) is 18.5. The lowest BCUT2D eigenvalue weighted by molar-refractivity contribution is -0.119. The van der Waals surface area contributed by atoms with Crippen molar-refractivity contribution in [1.82, 2.24) is 9.99 Å². The van der Waals surface area contributed by atoms with E-state index >= 15 is 0 Å². The highest BCUT2D eigenvalue weighted by Crippen LogP contribution is 2.32. The Labute approximate surface area is 238 Å². The number of nitrogens with zero attached hydrogens (tertiary/aromatic N) is 3. The van der Waals surface area contributed by atoms with Crippen LogP contribution in [0.4, 0.5) is 5.69 Å². The van der Waals surface area contributed by atoms with E-state index in [1.54, 1.807) is 24.4 Å². The number of carbonyl (C=O) groups excluding carboxylic acids is 1. The minimum atomic E-state index is -4.12. The molecule has 0 radical (unpaired) electrons. The molecule has 4 rings (SSSR count). The Morgan fingerprint density at radius 3 is 2.36 bits per heavy atom. The maximum Gasteiger partial charge on any atom is 0.264 e. The lowest BCUT2D eigenvalue weighted by Gasteiger charge is -2.24. The van der Waals surface area contributed by atoms with E-state index in [1.807, 2.05) is 19.9 Å². The summed E-state index contributed by atoms with van der Waals surface area (Å²) in [7, 11) is -4.12. The van der Waals surface area contributed by atoms with Gasteiger partial charge in [-0.25, -0.2) is 13.8 Å². The molecule has 0 atom stereocenters. The largest absolute Gasteiger partial charge is 0.318 e. The lowest BCUT2D eigenvalue weighted by Crippen LogP contribution is -2.39. The summed E-state index contributed by atoms with van der Waals surface area (Å²) in [6.07, 6.45) is 1.55. The Morgan fingerprint density at radius 1 is 0.974 bits per heavy atom. The molecule has 39 heavy (non-hydrogen) atoms. The van der Waals surface area contributed by atoms with Crippen molar-refractivity contribution < 1.29 is 13.2 Å². The van der Waals surface area contributed by atoms with Crippen LogP contribution in [0.25, 0.3) is 5.69 Å². The van der Waals surface area contributed by atoms with Crippen molar-refractivity contribution in [2.45, 2.75) is 32.6 Å². The second-order valence-electron chi connectivity index (χ2n) is 9.17. The van der Waals surface area contributed by atoms with Crippen LogP contribution >= 0.6 is 23.2 Å². The number of hydrazone groups is 1. The molecule has 0 aliphatic heterocycles. The van der Waals surface area contributed by atoms with Crippen LogP contribution in [-0.2, 0) is 14.8 Å². The zero-order valence-electron chi connectivity index (χ0n) is 21.9. The predicted octanol–water partition coefficient (Wildman–Crippen LogP) is 6.36. The summed E-state index contributed by atoms with van der Waals surface area (Å²) in [5, 5.41) is 4.55. The first kappa shape index (κ1) is 28.4. The first-order valence-electron chi connectivity index (χ1n) is 12.1. The number of rotatable bonds is 8. The molecular formula is C29H28Cl2N4O3S. The monoisotopic (exact) mass is 582 g/mol. The third-order valence-corrected chi connectivity index (χ3v) is 8.56. The first-order valence-corrected chi connectivity index (χ1v) is 14.3. The van der Waals surface area contributed by atoms with Crippen molar-refractivity contribution in [2.24, 2.45) is 5.10 Å². The smallest absolute Gasteiger partial charge is 0.264 e. The Bertz CT molecular complexity index is 1670. The van der Waals surface area contributed by atoms with Gasteiger partial charge in [0.2, 0.25) is 0 Å². The zero-order valence-corrected chi connectivity index (χ0v) is 24.3. The van der Waals surface area contributed by atoms with Crippen molar-refractivity contribution >= 4 is 51.0 Å². The van der Waals surface area contributed by atoms with Crippen LogP contribution in [-0.4, -0.2) is 31.7 Å². The Balaban J connectivity index is 1.58. The highest BCUT2D eigenvalue weighted by molar-refractivity contribution is 7.92. The number of halogens is 2. The van der Waals surface area contributed by atoms with Crippen LogP contribution in [0.2, 0.25) is 10.0 Å². The van der Waals surface area contributed by atoms with Crippen LogP contribution in [0.1, 0.15) is 28.1 Å². The number of hydrogen-bond donors (Lipinski definition) is 1. The van der Waals surface area contributed by atoms with E-state index in [1.165, 1.54) is 35.9 Å². The molecule has 7 nitrogen and oxygen atoms in total. The molecule has 0 saturated heterocycles. The van der Waals surface area contributed by atoms with E-state index in [0.717, 1.165) is 32.5 Å². The lowest BCUT2D eigenvalue weighted by atomic mass is 10.1. The summed E-state index contributed by atoms with van der Waals surface area (Å²) in [5.74, 6) is -0.639. The van der Waals surface area contributed by atoms with Crippen LogP contribution in [0.3, 0.4) is 0 Å². The predicted molar refractivity (Wildman–Crippen MR) is 158 cm³/mol.